The molecule has 1 aliphatic carbocycles. The van der Waals surface area contributed by atoms with Crippen LogP contribution in [-0.2, 0) is 25.2 Å². The summed E-state index contributed by atoms with van der Waals surface area (Å²) >= 11 is 6.02. The molecule has 19 heteroatoms. The Hall–Kier alpha value is -5.49. The van der Waals surface area contributed by atoms with Gasteiger partial charge in [-0.1, -0.05) is 55.8 Å². The number of hydrogen-bond donors (Lipinski definition) is 5. The summed E-state index contributed by atoms with van der Waals surface area (Å²) in [6.07, 6.45) is -3.19. The highest BCUT2D eigenvalue weighted by molar-refractivity contribution is 7.90. The van der Waals surface area contributed by atoms with Gasteiger partial charge in [0.2, 0.25) is 11.9 Å². The molecule has 1 aliphatic rings. The van der Waals surface area contributed by atoms with Crippen LogP contribution in [0.3, 0.4) is 0 Å². The molecule has 0 radical (unpaired) electrons. The largest absolute Gasteiger partial charge is 0.454 e. The maximum absolute atomic E-state index is 12.9. The van der Waals surface area contributed by atoms with Crippen LogP contribution in [-0.4, -0.2) is 67.0 Å². The summed E-state index contributed by atoms with van der Waals surface area (Å²) in [6, 6.07) is 19.7. The molecular formula is C34H34ClF3N8O6S. The van der Waals surface area contributed by atoms with E-state index in [2.05, 4.69) is 36.2 Å². The second-order valence-electron chi connectivity index (χ2n) is 12.9. The molecule has 1 fully saturated rings. The fourth-order valence-electron chi connectivity index (χ4n) is 4.82. The van der Waals surface area contributed by atoms with Crippen LogP contribution < -0.4 is 30.7 Å². The molecule has 4 aromatic rings. The average molecular weight is 775 g/mol. The predicted molar refractivity (Wildman–Crippen MR) is 188 cm³/mol. The van der Waals surface area contributed by atoms with Crippen LogP contribution in [0.4, 0.5) is 30.8 Å². The Morgan fingerprint density at radius 3 is 2.08 bits per heavy atom. The third kappa shape index (κ3) is 11.0. The van der Waals surface area contributed by atoms with Gasteiger partial charge in [-0.15, -0.1) is 0 Å². The lowest BCUT2D eigenvalue weighted by molar-refractivity contribution is -0.154. The fraction of sp³-hybridized carbons (Fsp3) is 0.294. The Bertz CT molecular complexity index is 2070. The van der Waals surface area contributed by atoms with Crippen molar-refractivity contribution in [1.29, 1.82) is 0 Å². The smallest absolute Gasteiger partial charge is 0.422 e. The lowest BCUT2D eigenvalue weighted by Gasteiger charge is -2.25. The lowest BCUT2D eigenvalue weighted by Crippen LogP contribution is -2.47. The van der Waals surface area contributed by atoms with E-state index in [1.807, 2.05) is 12.1 Å². The van der Waals surface area contributed by atoms with Crippen molar-refractivity contribution in [2.75, 3.05) is 30.3 Å². The van der Waals surface area contributed by atoms with Crippen molar-refractivity contribution in [3.8, 4) is 6.01 Å². The Labute approximate surface area is 307 Å². The molecule has 0 spiro atoms. The predicted octanol–water partition coefficient (Wildman–Crippen LogP) is 4.69. The second kappa shape index (κ2) is 15.6. The van der Waals surface area contributed by atoms with Gasteiger partial charge in [-0.3, -0.25) is 14.4 Å². The molecule has 3 amide bonds. The van der Waals surface area contributed by atoms with Crippen LogP contribution in [0, 0.1) is 5.41 Å². The molecule has 0 atom stereocenters. The van der Waals surface area contributed by atoms with Crippen molar-refractivity contribution in [3.05, 3.63) is 95.0 Å². The van der Waals surface area contributed by atoms with Gasteiger partial charge in [0, 0.05) is 29.4 Å². The number of anilines is 3. The number of amides is 3. The van der Waals surface area contributed by atoms with Gasteiger partial charge in [-0.2, -0.15) is 28.1 Å². The molecule has 5 rings (SSSR count). The van der Waals surface area contributed by atoms with E-state index in [9.17, 15) is 36.0 Å². The van der Waals surface area contributed by atoms with Gasteiger partial charge in [0.25, 0.3) is 15.9 Å². The lowest BCUT2D eigenvalue weighted by atomic mass is 9.93. The molecular weight excluding hydrogens is 741 g/mol. The van der Waals surface area contributed by atoms with Crippen LogP contribution >= 0.6 is 11.6 Å². The number of nitrogens with one attached hydrogen (secondary N) is 5. The summed E-state index contributed by atoms with van der Waals surface area (Å²) < 4.78 is 70.0. The van der Waals surface area contributed by atoms with Crippen molar-refractivity contribution < 1.29 is 40.7 Å². The van der Waals surface area contributed by atoms with Crippen LogP contribution in [0.5, 0.6) is 6.01 Å². The number of rotatable bonds is 14. The first-order valence-corrected chi connectivity index (χ1v) is 17.8. The highest BCUT2D eigenvalue weighted by atomic mass is 35.5. The average Bonchev–Trinajstić information content (AvgIpc) is 3.89. The van der Waals surface area contributed by atoms with E-state index in [0.29, 0.717) is 10.7 Å². The normalized spacial score (nSPS) is 13.7. The maximum Gasteiger partial charge on any atom is 0.422 e. The topological polar surface area (TPSA) is 193 Å². The van der Waals surface area contributed by atoms with E-state index in [1.54, 1.807) is 36.8 Å². The SMILES string of the molecule is CC(C)(CNC(=O)C(=O)NS(=O)(=O)c1ccccc1)CNC(=O)c1ccc(Nc2nc(NC3(c4ccc(Cl)cc4)CC3)nc(OCC(F)(F)F)n2)cc1. The number of carbonyl (C=O) groups is 3. The summed E-state index contributed by atoms with van der Waals surface area (Å²) in [6.45, 7) is 1.80. The molecule has 1 aromatic heterocycles. The van der Waals surface area contributed by atoms with Crippen molar-refractivity contribution in [1.82, 2.24) is 30.3 Å². The van der Waals surface area contributed by atoms with Gasteiger partial charge < -0.3 is 26.0 Å². The van der Waals surface area contributed by atoms with Gasteiger partial charge in [-0.05, 0) is 72.4 Å². The first kappa shape index (κ1) is 38.7. The quantitative estimate of drug-likeness (QED) is 0.112. The Morgan fingerprint density at radius 2 is 1.45 bits per heavy atom. The molecule has 5 N–H and O–H groups in total. The zero-order valence-corrected chi connectivity index (χ0v) is 29.8. The van der Waals surface area contributed by atoms with Crippen LogP contribution in [0.1, 0.15) is 42.6 Å². The highest BCUT2D eigenvalue weighted by Gasteiger charge is 2.45. The summed E-state index contributed by atoms with van der Waals surface area (Å²) in [4.78, 5) is 49.6. The van der Waals surface area contributed by atoms with Gasteiger partial charge in [0.15, 0.2) is 6.61 Å². The third-order valence-electron chi connectivity index (χ3n) is 7.82. The number of alkyl halides is 3. The summed E-state index contributed by atoms with van der Waals surface area (Å²) in [7, 11) is -4.24. The number of benzene rings is 3. The number of halogens is 4. The minimum absolute atomic E-state index is 0.0141. The van der Waals surface area contributed by atoms with E-state index < -0.39 is 57.5 Å². The van der Waals surface area contributed by atoms with Crippen molar-refractivity contribution in [3.63, 3.8) is 0 Å². The van der Waals surface area contributed by atoms with Crippen LogP contribution in [0.15, 0.2) is 83.8 Å². The molecule has 0 saturated heterocycles. The standard InChI is InChI=1S/C34H34ClF3N8O6S/c1-32(2,19-40-27(48)28(49)46-53(50,51)25-6-4-3-5-7-25)18-39-26(47)21-8-14-24(15-9-21)41-29-42-30(44-31(43-29)52-20-34(36,37)38)45-33(16-17-33)22-10-12-23(35)13-11-22/h3-15H,16-20H2,1-2H3,(H,39,47)(H,40,48)(H,46,49)(H2,41,42,43,44,45). The van der Waals surface area contributed by atoms with Gasteiger partial charge in [0.05, 0.1) is 10.4 Å². The second-order valence-corrected chi connectivity index (χ2v) is 15.0. The molecule has 1 heterocycles. The fourth-order valence-corrected chi connectivity index (χ4v) is 5.91. The maximum atomic E-state index is 12.9. The summed E-state index contributed by atoms with van der Waals surface area (Å²) in [5.74, 6) is -3.12. The van der Waals surface area contributed by atoms with Gasteiger partial charge in [0.1, 0.15) is 0 Å². The van der Waals surface area contributed by atoms with E-state index in [-0.39, 0.29) is 35.4 Å². The van der Waals surface area contributed by atoms with E-state index in [4.69, 9.17) is 16.3 Å². The first-order chi connectivity index (χ1) is 24.9. The molecule has 280 valence electrons. The molecule has 1 saturated carbocycles. The number of ether oxygens (including phenoxy) is 1. The Kier molecular flexibility index (Phi) is 11.4. The van der Waals surface area contributed by atoms with E-state index >= 15 is 0 Å². The van der Waals surface area contributed by atoms with E-state index in [0.717, 1.165) is 18.4 Å². The van der Waals surface area contributed by atoms with Crippen molar-refractivity contribution in [2.24, 2.45) is 5.41 Å². The number of sulfonamides is 1. The summed E-state index contributed by atoms with van der Waals surface area (Å²) in [5.41, 5.74) is 0.256. The molecule has 3 aromatic carbocycles. The Morgan fingerprint density at radius 1 is 0.830 bits per heavy atom. The van der Waals surface area contributed by atoms with Gasteiger partial charge >= 0.3 is 24.0 Å². The molecule has 0 aliphatic heterocycles. The molecule has 0 unspecified atom stereocenters. The molecule has 0 bridgehead atoms. The van der Waals surface area contributed by atoms with Crippen molar-refractivity contribution >= 4 is 56.9 Å². The summed E-state index contributed by atoms with van der Waals surface area (Å²) in [5, 5.41) is 11.8. The van der Waals surface area contributed by atoms with Gasteiger partial charge in [-0.25, -0.2) is 13.1 Å². The zero-order chi connectivity index (χ0) is 38.4. The number of aromatic nitrogens is 3. The minimum atomic E-state index is -4.63. The molecule has 53 heavy (non-hydrogen) atoms. The zero-order valence-electron chi connectivity index (χ0n) is 28.3. The number of hydrogen-bond acceptors (Lipinski definition) is 11. The Balaban J connectivity index is 1.17. The monoisotopic (exact) mass is 774 g/mol. The van der Waals surface area contributed by atoms with Crippen LogP contribution in [0.2, 0.25) is 5.02 Å². The van der Waals surface area contributed by atoms with Crippen LogP contribution in [0.25, 0.3) is 0 Å². The van der Waals surface area contributed by atoms with Crippen molar-refractivity contribution in [2.45, 2.75) is 43.3 Å². The number of nitrogens with zero attached hydrogens (tertiary/aromatic N) is 3. The van der Waals surface area contributed by atoms with E-state index in [1.165, 1.54) is 48.5 Å². The first-order valence-electron chi connectivity index (χ1n) is 16.0. The molecule has 14 nitrogen and oxygen atoms in total. The minimum Gasteiger partial charge on any atom is -0.454 e. The third-order valence-corrected chi connectivity index (χ3v) is 9.42. The highest BCUT2D eigenvalue weighted by Crippen LogP contribution is 2.48. The number of carbonyl (C=O) groups excluding carboxylic acids is 3.